The molecule has 7 nitrogen and oxygen atoms in total. The van der Waals surface area contributed by atoms with E-state index in [4.69, 9.17) is 4.42 Å². The van der Waals surface area contributed by atoms with E-state index in [2.05, 4.69) is 15.2 Å². The molecule has 136 valence electrons. The third kappa shape index (κ3) is 4.29. The number of hydrogen-bond donors (Lipinski definition) is 1. The Morgan fingerprint density at radius 2 is 2.19 bits per heavy atom. The SMILES string of the molecule is CS(=O)(=O)OCC=C=Cc1ccc2occ(C3CCC(=O)NC3=O)c2c1. The summed E-state index contributed by atoms with van der Waals surface area (Å²) in [5, 5.41) is 3.14. The highest BCUT2D eigenvalue weighted by atomic mass is 32.2. The summed E-state index contributed by atoms with van der Waals surface area (Å²) in [6.45, 7) is -0.0924. The molecule has 0 saturated carbocycles. The quantitative estimate of drug-likeness (QED) is 0.488. The lowest BCUT2D eigenvalue weighted by molar-refractivity contribution is -0.134. The van der Waals surface area contributed by atoms with E-state index in [1.54, 1.807) is 18.4 Å². The minimum atomic E-state index is -3.48. The molecule has 1 fully saturated rings. The number of benzene rings is 1. The molecule has 26 heavy (non-hydrogen) atoms. The first-order chi connectivity index (χ1) is 12.3. The van der Waals surface area contributed by atoms with Crippen LogP contribution in [0.25, 0.3) is 17.0 Å². The third-order valence-electron chi connectivity index (χ3n) is 3.98. The smallest absolute Gasteiger partial charge is 0.264 e. The summed E-state index contributed by atoms with van der Waals surface area (Å²) in [6, 6.07) is 5.46. The summed E-state index contributed by atoms with van der Waals surface area (Å²) >= 11 is 0. The third-order valence-corrected chi connectivity index (χ3v) is 4.54. The van der Waals surface area contributed by atoms with Crippen LogP contribution in [0, 0.1) is 0 Å². The Labute approximate surface area is 150 Å². The molecule has 2 aromatic rings. The molecule has 0 bridgehead atoms. The molecule has 2 amide bonds. The molecule has 1 saturated heterocycles. The molecule has 1 aliphatic rings. The maximum Gasteiger partial charge on any atom is 0.264 e. The second-order valence-corrected chi connectivity index (χ2v) is 7.60. The summed E-state index contributed by atoms with van der Waals surface area (Å²) < 4.78 is 31.9. The highest BCUT2D eigenvalue weighted by molar-refractivity contribution is 7.85. The molecule has 1 atom stereocenters. The van der Waals surface area contributed by atoms with Gasteiger partial charge in [0.25, 0.3) is 10.1 Å². The average Bonchev–Trinajstić information content (AvgIpc) is 2.96. The summed E-state index contributed by atoms with van der Waals surface area (Å²) in [5.74, 6) is -1.00. The zero-order valence-electron chi connectivity index (χ0n) is 14.0. The van der Waals surface area contributed by atoms with Gasteiger partial charge in [0, 0.05) is 17.4 Å². The van der Waals surface area contributed by atoms with E-state index >= 15 is 0 Å². The van der Waals surface area contributed by atoms with Crippen molar-refractivity contribution in [2.75, 3.05) is 12.9 Å². The summed E-state index contributed by atoms with van der Waals surface area (Å²) in [7, 11) is -3.48. The van der Waals surface area contributed by atoms with E-state index in [-0.39, 0.29) is 18.4 Å². The van der Waals surface area contributed by atoms with Crippen LogP contribution in [-0.4, -0.2) is 33.1 Å². The minimum Gasteiger partial charge on any atom is -0.464 e. The number of carbonyl (C=O) groups is 2. The van der Waals surface area contributed by atoms with Crippen molar-refractivity contribution in [2.24, 2.45) is 0 Å². The number of amides is 2. The molecule has 1 aliphatic heterocycles. The Morgan fingerprint density at radius 3 is 2.92 bits per heavy atom. The van der Waals surface area contributed by atoms with Gasteiger partial charge in [-0.3, -0.25) is 19.1 Å². The first kappa shape index (κ1) is 18.1. The second-order valence-electron chi connectivity index (χ2n) is 5.95. The van der Waals surface area contributed by atoms with Gasteiger partial charge in [0.1, 0.15) is 5.58 Å². The van der Waals surface area contributed by atoms with Crippen molar-refractivity contribution in [3.8, 4) is 0 Å². The molecule has 1 aromatic heterocycles. The fraction of sp³-hybridized carbons (Fsp3) is 0.278. The molecule has 1 unspecified atom stereocenters. The highest BCUT2D eigenvalue weighted by Gasteiger charge is 2.30. The van der Waals surface area contributed by atoms with Crippen molar-refractivity contribution in [1.82, 2.24) is 5.32 Å². The fourth-order valence-corrected chi connectivity index (χ4v) is 3.09. The van der Waals surface area contributed by atoms with Crippen LogP contribution in [0.3, 0.4) is 0 Å². The number of nitrogens with one attached hydrogen (secondary N) is 1. The number of fused-ring (bicyclic) bond motifs is 1. The van der Waals surface area contributed by atoms with E-state index in [1.165, 1.54) is 6.08 Å². The van der Waals surface area contributed by atoms with Gasteiger partial charge >= 0.3 is 0 Å². The zero-order valence-corrected chi connectivity index (χ0v) is 14.8. The highest BCUT2D eigenvalue weighted by Crippen LogP contribution is 2.33. The second kappa shape index (κ2) is 7.29. The van der Waals surface area contributed by atoms with Crippen LogP contribution in [0.5, 0.6) is 0 Å². The summed E-state index contributed by atoms with van der Waals surface area (Å²) in [6.07, 6.45) is 6.41. The number of imide groups is 1. The molecule has 0 spiro atoms. The van der Waals surface area contributed by atoms with Crippen molar-refractivity contribution in [2.45, 2.75) is 18.8 Å². The van der Waals surface area contributed by atoms with Crippen LogP contribution in [0.15, 0.2) is 40.7 Å². The molecule has 1 N–H and O–H groups in total. The number of carbonyl (C=O) groups excluding carboxylic acids is 2. The Balaban J connectivity index is 1.83. The Bertz CT molecular complexity index is 1030. The number of piperidine rings is 1. The predicted octanol–water partition coefficient (Wildman–Crippen LogP) is 2.10. The maximum atomic E-state index is 12.1. The van der Waals surface area contributed by atoms with Crippen molar-refractivity contribution in [1.29, 1.82) is 0 Å². The van der Waals surface area contributed by atoms with Gasteiger partial charge in [0.2, 0.25) is 11.8 Å². The summed E-state index contributed by atoms with van der Waals surface area (Å²) in [4.78, 5) is 23.4. The zero-order chi connectivity index (χ0) is 18.7. The molecule has 0 radical (unpaired) electrons. The van der Waals surface area contributed by atoms with Crippen LogP contribution in [0.2, 0.25) is 0 Å². The number of hydrogen-bond acceptors (Lipinski definition) is 6. The number of rotatable bonds is 5. The maximum absolute atomic E-state index is 12.1. The Kier molecular flexibility index (Phi) is 5.08. The average molecular weight is 375 g/mol. The lowest BCUT2D eigenvalue weighted by Crippen LogP contribution is -2.39. The topological polar surface area (TPSA) is 103 Å². The van der Waals surface area contributed by atoms with Gasteiger partial charge in [-0.05, 0) is 36.3 Å². The first-order valence-electron chi connectivity index (χ1n) is 7.94. The van der Waals surface area contributed by atoms with Gasteiger partial charge in [0.15, 0.2) is 0 Å². The Hall–Kier alpha value is -2.67. The lowest BCUT2D eigenvalue weighted by Gasteiger charge is -2.19. The van der Waals surface area contributed by atoms with E-state index in [9.17, 15) is 18.0 Å². The molecule has 0 aliphatic carbocycles. The van der Waals surface area contributed by atoms with Crippen LogP contribution >= 0.6 is 0 Å². The molecule has 1 aromatic carbocycles. The Morgan fingerprint density at radius 1 is 1.38 bits per heavy atom. The largest absolute Gasteiger partial charge is 0.464 e. The van der Waals surface area contributed by atoms with Gasteiger partial charge in [-0.25, -0.2) is 0 Å². The standard InChI is InChI=1S/C18H17NO6S/c1-26(22,23)25-9-3-2-4-12-5-7-16-14(10-12)15(11-24-16)13-6-8-17(20)19-18(13)21/h3-5,7,10-11,13H,6,8-9H2,1H3,(H,19,20,21). The van der Waals surface area contributed by atoms with Crippen LogP contribution < -0.4 is 5.32 Å². The van der Waals surface area contributed by atoms with Gasteiger partial charge in [0.05, 0.1) is 25.0 Å². The van der Waals surface area contributed by atoms with E-state index < -0.39 is 16.0 Å². The predicted molar refractivity (Wildman–Crippen MR) is 94.7 cm³/mol. The van der Waals surface area contributed by atoms with Gasteiger partial charge in [-0.1, -0.05) is 6.07 Å². The van der Waals surface area contributed by atoms with Gasteiger partial charge in [-0.2, -0.15) is 8.42 Å². The molecule has 2 heterocycles. The fourth-order valence-electron chi connectivity index (χ4n) is 2.78. The van der Waals surface area contributed by atoms with Crippen LogP contribution in [0.1, 0.15) is 29.9 Å². The molecular formula is C18H17NO6S. The van der Waals surface area contributed by atoms with Crippen molar-refractivity contribution < 1.29 is 26.6 Å². The first-order valence-corrected chi connectivity index (χ1v) is 9.75. The normalized spacial score (nSPS) is 17.7. The molecular weight excluding hydrogens is 358 g/mol. The van der Waals surface area contributed by atoms with Crippen molar-refractivity contribution in [3.63, 3.8) is 0 Å². The van der Waals surface area contributed by atoms with Gasteiger partial charge in [-0.15, -0.1) is 5.73 Å². The number of furan rings is 1. The minimum absolute atomic E-state index is 0.0924. The van der Waals surface area contributed by atoms with Crippen LogP contribution in [0.4, 0.5) is 0 Å². The van der Waals surface area contributed by atoms with E-state index in [0.29, 0.717) is 18.4 Å². The van der Waals surface area contributed by atoms with Crippen molar-refractivity contribution >= 4 is 39.0 Å². The lowest BCUT2D eigenvalue weighted by atomic mass is 9.90. The van der Waals surface area contributed by atoms with Crippen LogP contribution in [-0.2, 0) is 23.9 Å². The summed E-state index contributed by atoms with van der Waals surface area (Å²) in [5.41, 5.74) is 5.04. The molecule has 8 heteroatoms. The monoisotopic (exact) mass is 375 g/mol. The van der Waals surface area contributed by atoms with Gasteiger partial charge < -0.3 is 4.42 Å². The van der Waals surface area contributed by atoms with E-state index in [1.807, 2.05) is 12.1 Å². The van der Waals surface area contributed by atoms with E-state index in [0.717, 1.165) is 22.8 Å². The van der Waals surface area contributed by atoms with Crippen molar-refractivity contribution in [3.05, 3.63) is 47.4 Å². The molecule has 3 rings (SSSR count).